The smallest absolute Gasteiger partial charge is 0.255 e. The van der Waals surface area contributed by atoms with Gasteiger partial charge in [-0.25, -0.2) is 9.97 Å². The Bertz CT molecular complexity index is 648. The molecule has 0 saturated heterocycles. The number of carbonyl (C=O) groups is 1. The first kappa shape index (κ1) is 12.8. The zero-order chi connectivity index (χ0) is 14.1. The van der Waals surface area contributed by atoms with Gasteiger partial charge in [-0.2, -0.15) is 0 Å². The Morgan fingerprint density at radius 2 is 2.30 bits per heavy atom. The van der Waals surface area contributed by atoms with E-state index in [1.807, 2.05) is 13.1 Å². The van der Waals surface area contributed by atoms with Gasteiger partial charge in [0.1, 0.15) is 11.6 Å². The summed E-state index contributed by atoms with van der Waals surface area (Å²) in [6, 6.07) is 1.68. The molecule has 0 bridgehead atoms. The first-order valence-corrected chi connectivity index (χ1v) is 6.82. The Morgan fingerprint density at radius 3 is 3.05 bits per heavy atom. The van der Waals surface area contributed by atoms with Gasteiger partial charge in [0.05, 0.1) is 17.9 Å². The van der Waals surface area contributed by atoms with Crippen LogP contribution in [0.1, 0.15) is 52.1 Å². The molecule has 104 valence electrons. The molecule has 1 aliphatic rings. The van der Waals surface area contributed by atoms with E-state index in [4.69, 9.17) is 4.42 Å². The number of aromatic nitrogens is 2. The van der Waals surface area contributed by atoms with Crippen molar-refractivity contribution in [2.24, 2.45) is 0 Å². The number of furan rings is 1. The molecule has 0 fully saturated rings. The van der Waals surface area contributed by atoms with Gasteiger partial charge in [-0.1, -0.05) is 0 Å². The van der Waals surface area contributed by atoms with Crippen LogP contribution in [0.5, 0.6) is 0 Å². The largest absolute Gasteiger partial charge is 0.469 e. The first-order chi connectivity index (χ1) is 9.65. The van der Waals surface area contributed by atoms with E-state index >= 15 is 0 Å². The van der Waals surface area contributed by atoms with Crippen molar-refractivity contribution in [1.29, 1.82) is 0 Å². The minimum Gasteiger partial charge on any atom is -0.469 e. The molecule has 20 heavy (non-hydrogen) atoms. The molecule has 0 aromatic carbocycles. The number of rotatable bonds is 2. The molecule has 0 aliphatic heterocycles. The molecule has 2 heterocycles. The Labute approximate surface area is 117 Å². The Hall–Kier alpha value is -2.17. The predicted octanol–water partition coefficient (Wildman–Crippen LogP) is 2.49. The molecule has 0 spiro atoms. The van der Waals surface area contributed by atoms with E-state index in [1.54, 1.807) is 13.0 Å². The predicted molar refractivity (Wildman–Crippen MR) is 73.4 cm³/mol. The molecule has 1 amide bonds. The molecule has 2 aromatic rings. The molecule has 2 aromatic heterocycles. The van der Waals surface area contributed by atoms with Crippen molar-refractivity contribution >= 4 is 5.91 Å². The van der Waals surface area contributed by atoms with Crippen molar-refractivity contribution in [3.63, 3.8) is 0 Å². The van der Waals surface area contributed by atoms with Crippen LogP contribution in [0.25, 0.3) is 0 Å². The third-order valence-electron chi connectivity index (χ3n) is 3.71. The second-order valence-electron chi connectivity index (χ2n) is 5.13. The molecule has 0 unspecified atom stereocenters. The topological polar surface area (TPSA) is 68.0 Å². The summed E-state index contributed by atoms with van der Waals surface area (Å²) in [5.41, 5.74) is 2.68. The highest BCUT2D eigenvalue weighted by Gasteiger charge is 2.24. The number of amides is 1. The van der Waals surface area contributed by atoms with Crippen molar-refractivity contribution in [3.05, 3.63) is 46.9 Å². The molecule has 0 saturated carbocycles. The molecule has 1 aliphatic carbocycles. The monoisotopic (exact) mass is 271 g/mol. The first-order valence-electron chi connectivity index (χ1n) is 6.82. The summed E-state index contributed by atoms with van der Waals surface area (Å²) in [5, 5.41) is 3.06. The second-order valence-corrected chi connectivity index (χ2v) is 5.13. The molecular formula is C15H17N3O2. The van der Waals surface area contributed by atoms with Crippen LogP contribution < -0.4 is 5.32 Å². The quantitative estimate of drug-likeness (QED) is 0.911. The van der Waals surface area contributed by atoms with E-state index in [-0.39, 0.29) is 11.9 Å². The number of carbonyl (C=O) groups excluding carboxylic acids is 1. The Balaban J connectivity index is 1.83. The van der Waals surface area contributed by atoms with Crippen LogP contribution in [0, 0.1) is 13.8 Å². The van der Waals surface area contributed by atoms with E-state index in [9.17, 15) is 4.79 Å². The molecular weight excluding hydrogens is 254 g/mol. The Kier molecular flexibility index (Phi) is 3.26. The lowest BCUT2D eigenvalue weighted by molar-refractivity contribution is 0.0931. The van der Waals surface area contributed by atoms with Gasteiger partial charge in [-0.15, -0.1) is 0 Å². The lowest BCUT2D eigenvalue weighted by Crippen LogP contribution is -2.31. The summed E-state index contributed by atoms with van der Waals surface area (Å²) in [4.78, 5) is 21.0. The number of nitrogens with one attached hydrogen (secondary N) is 1. The SMILES string of the molecule is Cc1ncc2c(n1)CCC[C@H]2NC(=O)c1ccoc1C. The highest BCUT2D eigenvalue weighted by atomic mass is 16.3. The highest BCUT2D eigenvalue weighted by molar-refractivity contribution is 5.95. The number of fused-ring (bicyclic) bond motifs is 1. The number of nitrogens with zero attached hydrogens (tertiary/aromatic N) is 2. The third kappa shape index (κ3) is 2.31. The minimum atomic E-state index is -0.102. The summed E-state index contributed by atoms with van der Waals surface area (Å²) in [7, 11) is 0. The molecule has 3 rings (SSSR count). The zero-order valence-electron chi connectivity index (χ0n) is 11.6. The molecule has 1 atom stereocenters. The van der Waals surface area contributed by atoms with Gasteiger partial charge in [0.15, 0.2) is 0 Å². The maximum atomic E-state index is 12.3. The molecule has 1 N–H and O–H groups in total. The molecule has 5 nitrogen and oxygen atoms in total. The van der Waals surface area contributed by atoms with Gasteiger partial charge in [-0.05, 0) is 39.2 Å². The van der Waals surface area contributed by atoms with Crippen LogP contribution in [0.2, 0.25) is 0 Å². The summed E-state index contributed by atoms with van der Waals surface area (Å²) >= 11 is 0. The van der Waals surface area contributed by atoms with Gasteiger partial charge in [0.25, 0.3) is 5.91 Å². The van der Waals surface area contributed by atoms with Crippen molar-refractivity contribution in [2.75, 3.05) is 0 Å². The standard InChI is InChI=1S/C15H17N3O2/c1-9-11(6-7-20-9)15(19)18-14-5-3-4-13-12(14)8-16-10(2)17-13/h6-8,14H,3-5H2,1-2H3,(H,18,19)/t14-/m1/s1. The average molecular weight is 271 g/mol. The van der Waals surface area contributed by atoms with Gasteiger partial charge < -0.3 is 9.73 Å². The van der Waals surface area contributed by atoms with Crippen LogP contribution in [0.15, 0.2) is 22.9 Å². The van der Waals surface area contributed by atoms with Gasteiger partial charge >= 0.3 is 0 Å². The van der Waals surface area contributed by atoms with Crippen LogP contribution in [-0.4, -0.2) is 15.9 Å². The molecule has 5 heteroatoms. The summed E-state index contributed by atoms with van der Waals surface area (Å²) in [6.07, 6.45) is 6.27. The maximum absolute atomic E-state index is 12.3. The lowest BCUT2D eigenvalue weighted by Gasteiger charge is -2.25. The molecule has 0 radical (unpaired) electrons. The second kappa shape index (κ2) is 5.07. The zero-order valence-corrected chi connectivity index (χ0v) is 11.6. The minimum absolute atomic E-state index is 0.0128. The maximum Gasteiger partial charge on any atom is 0.255 e. The lowest BCUT2D eigenvalue weighted by atomic mass is 9.92. The number of hydrogen-bond acceptors (Lipinski definition) is 4. The fraction of sp³-hybridized carbons (Fsp3) is 0.400. The van der Waals surface area contributed by atoms with E-state index in [0.717, 1.165) is 36.3 Å². The van der Waals surface area contributed by atoms with E-state index in [2.05, 4.69) is 15.3 Å². The number of hydrogen-bond donors (Lipinski definition) is 1. The van der Waals surface area contributed by atoms with E-state index in [0.29, 0.717) is 11.3 Å². The normalized spacial score (nSPS) is 17.6. The number of aryl methyl sites for hydroxylation is 3. The van der Waals surface area contributed by atoms with Crippen LogP contribution in [0.3, 0.4) is 0 Å². The summed E-state index contributed by atoms with van der Waals surface area (Å²) in [5.74, 6) is 1.31. The fourth-order valence-corrected chi connectivity index (χ4v) is 2.65. The third-order valence-corrected chi connectivity index (χ3v) is 3.71. The average Bonchev–Trinajstić information content (AvgIpc) is 2.85. The fourth-order valence-electron chi connectivity index (χ4n) is 2.65. The van der Waals surface area contributed by atoms with Gasteiger partial charge in [-0.3, -0.25) is 4.79 Å². The summed E-state index contributed by atoms with van der Waals surface area (Å²) in [6.45, 7) is 3.67. The van der Waals surface area contributed by atoms with Gasteiger partial charge in [0, 0.05) is 17.5 Å². The highest BCUT2D eigenvalue weighted by Crippen LogP contribution is 2.28. The van der Waals surface area contributed by atoms with Crippen LogP contribution >= 0.6 is 0 Å². The van der Waals surface area contributed by atoms with E-state index in [1.165, 1.54) is 6.26 Å². The summed E-state index contributed by atoms with van der Waals surface area (Å²) < 4.78 is 5.17. The Morgan fingerprint density at radius 1 is 1.45 bits per heavy atom. The van der Waals surface area contributed by atoms with Crippen molar-refractivity contribution < 1.29 is 9.21 Å². The van der Waals surface area contributed by atoms with E-state index < -0.39 is 0 Å². The van der Waals surface area contributed by atoms with Crippen molar-refractivity contribution in [1.82, 2.24) is 15.3 Å². The van der Waals surface area contributed by atoms with Crippen LogP contribution in [-0.2, 0) is 6.42 Å². The van der Waals surface area contributed by atoms with Crippen LogP contribution in [0.4, 0.5) is 0 Å². The van der Waals surface area contributed by atoms with Crippen molar-refractivity contribution in [3.8, 4) is 0 Å². The van der Waals surface area contributed by atoms with Crippen molar-refractivity contribution in [2.45, 2.75) is 39.2 Å². The van der Waals surface area contributed by atoms with Gasteiger partial charge in [0.2, 0.25) is 0 Å².